The lowest BCUT2D eigenvalue weighted by atomic mass is 10.1. The van der Waals surface area contributed by atoms with Gasteiger partial charge >= 0.3 is 6.09 Å². The molecule has 0 saturated carbocycles. The highest BCUT2D eigenvalue weighted by molar-refractivity contribution is 5.67. The van der Waals surface area contributed by atoms with Crippen molar-refractivity contribution >= 4 is 11.8 Å². The van der Waals surface area contributed by atoms with Crippen LogP contribution in [0.2, 0.25) is 0 Å². The van der Waals surface area contributed by atoms with E-state index in [0.29, 0.717) is 5.75 Å². The topological polar surface area (TPSA) is 99.9 Å². The molecular formula is C11H14N2O6. The average molecular weight is 270 g/mol. The molecule has 0 unspecified atom stereocenters. The van der Waals surface area contributed by atoms with Crippen molar-refractivity contribution in [3.05, 3.63) is 27.8 Å². The molecule has 1 amide bonds. The van der Waals surface area contributed by atoms with Crippen molar-refractivity contribution in [3.63, 3.8) is 0 Å². The Balaban J connectivity index is 3.12. The summed E-state index contributed by atoms with van der Waals surface area (Å²) in [7, 11) is 4.01. The number of nitrogens with one attached hydrogen (secondary N) is 1. The van der Waals surface area contributed by atoms with E-state index in [0.717, 1.165) is 0 Å². The minimum absolute atomic E-state index is 0.0522. The van der Waals surface area contributed by atoms with Gasteiger partial charge in [-0.05, 0) is 6.07 Å². The van der Waals surface area contributed by atoms with E-state index < -0.39 is 11.0 Å². The Labute approximate surface area is 109 Å². The summed E-state index contributed by atoms with van der Waals surface area (Å²) in [6, 6.07) is 2.68. The molecular weight excluding hydrogens is 256 g/mol. The number of ether oxygens (including phenoxy) is 3. The Morgan fingerprint density at radius 1 is 1.26 bits per heavy atom. The molecule has 0 aromatic heterocycles. The van der Waals surface area contributed by atoms with Gasteiger partial charge in [-0.3, -0.25) is 10.1 Å². The van der Waals surface area contributed by atoms with E-state index in [9.17, 15) is 14.9 Å². The molecule has 0 spiro atoms. The maximum atomic E-state index is 11.0. The largest absolute Gasteiger partial charge is 0.493 e. The Hall–Kier alpha value is -2.51. The molecule has 0 bridgehead atoms. The summed E-state index contributed by atoms with van der Waals surface area (Å²) < 4.78 is 14.4. The van der Waals surface area contributed by atoms with E-state index in [1.54, 1.807) is 0 Å². The molecule has 0 radical (unpaired) electrons. The number of amides is 1. The van der Waals surface area contributed by atoms with Crippen molar-refractivity contribution in [2.45, 2.75) is 6.54 Å². The van der Waals surface area contributed by atoms with E-state index in [1.165, 1.54) is 33.5 Å². The van der Waals surface area contributed by atoms with Crippen molar-refractivity contribution in [1.82, 2.24) is 5.32 Å². The molecule has 0 saturated heterocycles. The van der Waals surface area contributed by atoms with Gasteiger partial charge in [-0.25, -0.2) is 4.79 Å². The number of nitro groups is 1. The third-order valence-electron chi connectivity index (χ3n) is 2.39. The van der Waals surface area contributed by atoms with Gasteiger partial charge in [0, 0.05) is 0 Å². The molecule has 104 valence electrons. The van der Waals surface area contributed by atoms with Crippen LogP contribution in [0.15, 0.2) is 12.1 Å². The SMILES string of the molecule is COC(=O)NCc1cc(OC)c(OC)cc1[N+](=O)[O-]. The van der Waals surface area contributed by atoms with Gasteiger partial charge in [0.2, 0.25) is 0 Å². The highest BCUT2D eigenvalue weighted by atomic mass is 16.6. The highest BCUT2D eigenvalue weighted by Gasteiger charge is 2.19. The summed E-state index contributed by atoms with van der Waals surface area (Å²) in [5.74, 6) is 0.589. The summed E-state index contributed by atoms with van der Waals surface area (Å²) in [5.41, 5.74) is 0.113. The first-order valence-electron chi connectivity index (χ1n) is 5.24. The number of nitrogens with zero attached hydrogens (tertiary/aromatic N) is 1. The van der Waals surface area contributed by atoms with Gasteiger partial charge in [0.05, 0.1) is 44.4 Å². The summed E-state index contributed by atoms with van der Waals surface area (Å²) in [5, 5.41) is 13.3. The first-order chi connectivity index (χ1) is 9.03. The molecule has 1 aromatic carbocycles. The normalized spacial score (nSPS) is 9.63. The number of methoxy groups -OCH3 is 3. The lowest BCUT2D eigenvalue weighted by Gasteiger charge is -2.10. The lowest BCUT2D eigenvalue weighted by molar-refractivity contribution is -0.385. The lowest BCUT2D eigenvalue weighted by Crippen LogP contribution is -2.22. The maximum absolute atomic E-state index is 11.0. The highest BCUT2D eigenvalue weighted by Crippen LogP contribution is 2.34. The van der Waals surface area contributed by atoms with Gasteiger partial charge < -0.3 is 19.5 Å². The number of carbonyl (C=O) groups excluding carboxylic acids is 1. The number of alkyl carbamates (subject to hydrolysis) is 1. The van der Waals surface area contributed by atoms with Gasteiger partial charge in [0.15, 0.2) is 11.5 Å². The summed E-state index contributed by atoms with van der Waals surface area (Å²) >= 11 is 0. The maximum Gasteiger partial charge on any atom is 0.407 e. The molecule has 19 heavy (non-hydrogen) atoms. The van der Waals surface area contributed by atoms with Gasteiger partial charge in [-0.2, -0.15) is 0 Å². The van der Waals surface area contributed by atoms with E-state index in [4.69, 9.17) is 9.47 Å². The van der Waals surface area contributed by atoms with E-state index in [-0.39, 0.29) is 23.5 Å². The van der Waals surface area contributed by atoms with Crippen LogP contribution < -0.4 is 14.8 Å². The predicted molar refractivity (Wildman–Crippen MR) is 65.4 cm³/mol. The number of carbonyl (C=O) groups is 1. The standard InChI is InChI=1S/C11H14N2O6/c1-17-9-4-7(6-12-11(14)19-3)8(13(15)16)5-10(9)18-2/h4-5H,6H2,1-3H3,(H,12,14). The van der Waals surface area contributed by atoms with Crippen molar-refractivity contribution < 1.29 is 23.9 Å². The van der Waals surface area contributed by atoms with Gasteiger partial charge in [0.25, 0.3) is 5.69 Å². The van der Waals surface area contributed by atoms with Gasteiger partial charge in [-0.1, -0.05) is 0 Å². The Bertz CT molecular complexity index is 488. The fraction of sp³-hybridized carbons (Fsp3) is 0.364. The zero-order valence-corrected chi connectivity index (χ0v) is 10.8. The van der Waals surface area contributed by atoms with Crippen LogP contribution in [0, 0.1) is 10.1 Å². The smallest absolute Gasteiger partial charge is 0.407 e. The molecule has 0 aliphatic rings. The van der Waals surface area contributed by atoms with Crippen LogP contribution in [0.3, 0.4) is 0 Å². The molecule has 0 aliphatic heterocycles. The van der Waals surface area contributed by atoms with E-state index in [1.807, 2.05) is 0 Å². The average Bonchev–Trinajstić information content (AvgIpc) is 2.43. The van der Waals surface area contributed by atoms with Crippen LogP contribution in [0.1, 0.15) is 5.56 Å². The Morgan fingerprint density at radius 3 is 2.32 bits per heavy atom. The van der Waals surface area contributed by atoms with Crippen LogP contribution in [-0.4, -0.2) is 32.3 Å². The number of benzene rings is 1. The third-order valence-corrected chi connectivity index (χ3v) is 2.39. The van der Waals surface area contributed by atoms with Crippen LogP contribution in [0.5, 0.6) is 11.5 Å². The summed E-state index contributed by atoms with van der Waals surface area (Å²) in [6.07, 6.45) is -0.677. The molecule has 0 heterocycles. The zero-order valence-electron chi connectivity index (χ0n) is 10.8. The van der Waals surface area contributed by atoms with Gasteiger partial charge in [-0.15, -0.1) is 0 Å². The third kappa shape index (κ3) is 3.47. The Morgan fingerprint density at radius 2 is 1.84 bits per heavy atom. The van der Waals surface area contributed by atoms with Crippen LogP contribution in [0.4, 0.5) is 10.5 Å². The molecule has 1 N–H and O–H groups in total. The second-order valence-corrected chi connectivity index (χ2v) is 3.44. The van der Waals surface area contributed by atoms with Crippen molar-refractivity contribution in [2.24, 2.45) is 0 Å². The quantitative estimate of drug-likeness (QED) is 0.642. The monoisotopic (exact) mass is 270 g/mol. The molecule has 1 rings (SSSR count). The van der Waals surface area contributed by atoms with Crippen molar-refractivity contribution in [1.29, 1.82) is 0 Å². The fourth-order valence-corrected chi connectivity index (χ4v) is 1.46. The Kier molecular flexibility index (Phi) is 4.92. The number of hydrogen-bond donors (Lipinski definition) is 1. The van der Waals surface area contributed by atoms with E-state index in [2.05, 4.69) is 10.1 Å². The number of nitro benzene ring substituents is 1. The molecule has 1 aromatic rings. The first-order valence-corrected chi connectivity index (χ1v) is 5.24. The molecule has 8 heteroatoms. The fourth-order valence-electron chi connectivity index (χ4n) is 1.46. The molecule has 0 aliphatic carbocycles. The zero-order chi connectivity index (χ0) is 14.4. The molecule has 8 nitrogen and oxygen atoms in total. The minimum atomic E-state index is -0.677. The van der Waals surface area contributed by atoms with Crippen LogP contribution >= 0.6 is 0 Å². The number of rotatable bonds is 5. The second kappa shape index (κ2) is 6.43. The molecule has 0 fully saturated rings. The summed E-state index contributed by atoms with van der Waals surface area (Å²) in [6.45, 7) is -0.0522. The van der Waals surface area contributed by atoms with Crippen LogP contribution in [-0.2, 0) is 11.3 Å². The van der Waals surface area contributed by atoms with Crippen molar-refractivity contribution in [3.8, 4) is 11.5 Å². The summed E-state index contributed by atoms with van der Waals surface area (Å²) in [4.78, 5) is 21.4. The van der Waals surface area contributed by atoms with E-state index >= 15 is 0 Å². The number of hydrogen-bond acceptors (Lipinski definition) is 6. The van der Waals surface area contributed by atoms with Gasteiger partial charge in [0.1, 0.15) is 0 Å². The van der Waals surface area contributed by atoms with Crippen molar-refractivity contribution in [2.75, 3.05) is 21.3 Å². The second-order valence-electron chi connectivity index (χ2n) is 3.44. The molecule has 0 atom stereocenters. The van der Waals surface area contributed by atoms with Crippen LogP contribution in [0.25, 0.3) is 0 Å². The minimum Gasteiger partial charge on any atom is -0.493 e. The first kappa shape index (κ1) is 14.6. The predicted octanol–water partition coefficient (Wildman–Crippen LogP) is 1.47.